The van der Waals surface area contributed by atoms with Crippen LogP contribution in [-0.2, 0) is 15.3 Å². The number of methoxy groups -OCH3 is 2. The third-order valence-corrected chi connectivity index (χ3v) is 8.87. The van der Waals surface area contributed by atoms with Gasteiger partial charge in [-0.3, -0.25) is 14.5 Å². The fraction of sp³-hybridized carbons (Fsp3) is 0.143. The SMILES string of the molecule is COc1ccc(C2/C(=C(/O)c3ccccc3)C(=O)C(=O)N2c2nnc(SCc3ccc(Cl)cc3Cl)s2)cc1OC. The Kier molecular flexibility index (Phi) is 8.32. The number of aliphatic hydroxyl groups is 1. The molecule has 4 aromatic rings. The van der Waals surface area contributed by atoms with Gasteiger partial charge in [-0.1, -0.05) is 88.8 Å². The molecule has 1 atom stereocenters. The number of hydrogen-bond donors (Lipinski definition) is 1. The molecule has 0 radical (unpaired) electrons. The van der Waals surface area contributed by atoms with Crippen LogP contribution in [0.25, 0.3) is 5.76 Å². The maximum absolute atomic E-state index is 13.5. The lowest BCUT2D eigenvalue weighted by molar-refractivity contribution is -0.132. The van der Waals surface area contributed by atoms with Crippen LogP contribution in [0.5, 0.6) is 11.5 Å². The summed E-state index contributed by atoms with van der Waals surface area (Å²) >= 11 is 14.8. The zero-order valence-corrected chi connectivity index (χ0v) is 24.3. The van der Waals surface area contributed by atoms with Crippen molar-refractivity contribution in [3.63, 3.8) is 0 Å². The molecular weight excluding hydrogens is 593 g/mol. The molecule has 2 heterocycles. The van der Waals surface area contributed by atoms with E-state index in [2.05, 4.69) is 10.2 Å². The van der Waals surface area contributed by atoms with Crippen molar-refractivity contribution >= 4 is 68.9 Å². The Morgan fingerprint density at radius 3 is 2.45 bits per heavy atom. The van der Waals surface area contributed by atoms with Crippen LogP contribution in [-0.4, -0.2) is 41.2 Å². The minimum Gasteiger partial charge on any atom is -0.507 e. The van der Waals surface area contributed by atoms with Crippen molar-refractivity contribution in [3.8, 4) is 11.5 Å². The van der Waals surface area contributed by atoms with E-state index in [1.807, 2.05) is 6.07 Å². The first-order valence-electron chi connectivity index (χ1n) is 11.8. The van der Waals surface area contributed by atoms with E-state index in [4.69, 9.17) is 32.7 Å². The van der Waals surface area contributed by atoms with Crippen LogP contribution >= 0.6 is 46.3 Å². The second-order valence-corrected chi connectivity index (χ2v) is 11.5. The van der Waals surface area contributed by atoms with Crippen LogP contribution in [0.3, 0.4) is 0 Å². The Morgan fingerprint density at radius 2 is 1.75 bits per heavy atom. The van der Waals surface area contributed by atoms with Crippen molar-refractivity contribution in [1.82, 2.24) is 10.2 Å². The average Bonchev–Trinajstić information content (AvgIpc) is 3.54. The monoisotopic (exact) mass is 613 g/mol. The lowest BCUT2D eigenvalue weighted by Crippen LogP contribution is -2.29. The van der Waals surface area contributed by atoms with Crippen molar-refractivity contribution in [3.05, 3.63) is 99.0 Å². The summed E-state index contributed by atoms with van der Waals surface area (Å²) < 4.78 is 11.4. The van der Waals surface area contributed by atoms with Crippen LogP contribution < -0.4 is 14.4 Å². The minimum absolute atomic E-state index is 0.0687. The highest BCUT2D eigenvalue weighted by atomic mass is 35.5. The topological polar surface area (TPSA) is 102 Å². The Balaban J connectivity index is 1.56. The van der Waals surface area contributed by atoms with Crippen molar-refractivity contribution in [2.24, 2.45) is 0 Å². The van der Waals surface area contributed by atoms with Crippen LogP contribution in [0.15, 0.2) is 76.6 Å². The van der Waals surface area contributed by atoms with Crippen LogP contribution in [0, 0.1) is 0 Å². The van der Waals surface area contributed by atoms with E-state index in [0.29, 0.717) is 42.8 Å². The van der Waals surface area contributed by atoms with E-state index in [9.17, 15) is 14.7 Å². The fourth-order valence-corrected chi connectivity index (χ4v) is 6.68. The number of aliphatic hydroxyl groups excluding tert-OH is 1. The number of Topliss-reactive ketones (excluding diaryl/α,β-unsaturated/α-hetero) is 1. The van der Waals surface area contributed by atoms with Crippen LogP contribution in [0.4, 0.5) is 5.13 Å². The first kappa shape index (κ1) is 28.0. The number of amides is 1. The van der Waals surface area contributed by atoms with Crippen molar-refractivity contribution in [2.75, 3.05) is 19.1 Å². The number of benzene rings is 3. The molecule has 1 aliphatic rings. The zero-order valence-electron chi connectivity index (χ0n) is 21.1. The first-order chi connectivity index (χ1) is 19.3. The number of carbonyl (C=O) groups excluding carboxylic acids is 2. The van der Waals surface area contributed by atoms with Gasteiger partial charge in [-0.25, -0.2) is 0 Å². The maximum Gasteiger partial charge on any atom is 0.301 e. The fourth-order valence-electron chi connectivity index (χ4n) is 4.26. The molecule has 3 aromatic carbocycles. The van der Waals surface area contributed by atoms with E-state index in [0.717, 1.165) is 16.9 Å². The van der Waals surface area contributed by atoms with E-state index >= 15 is 0 Å². The Hall–Kier alpha value is -3.57. The molecule has 0 saturated carbocycles. The van der Waals surface area contributed by atoms with Crippen molar-refractivity contribution < 1.29 is 24.2 Å². The van der Waals surface area contributed by atoms with Gasteiger partial charge in [0.15, 0.2) is 15.8 Å². The Labute approximate surface area is 248 Å². The molecule has 0 aliphatic carbocycles. The number of hydrogen-bond acceptors (Lipinski definition) is 9. The van der Waals surface area contributed by atoms with Crippen LogP contribution in [0.1, 0.15) is 22.7 Å². The van der Waals surface area contributed by atoms with Gasteiger partial charge in [0.05, 0.1) is 25.8 Å². The molecule has 1 fully saturated rings. The van der Waals surface area contributed by atoms with Gasteiger partial charge >= 0.3 is 5.91 Å². The number of rotatable bonds is 8. The third-order valence-electron chi connectivity index (χ3n) is 6.18. The van der Waals surface area contributed by atoms with Gasteiger partial charge in [0.25, 0.3) is 5.78 Å². The summed E-state index contributed by atoms with van der Waals surface area (Å²) in [7, 11) is 3.00. The second kappa shape index (κ2) is 11.9. The van der Waals surface area contributed by atoms with Gasteiger partial charge in [0.2, 0.25) is 5.13 Å². The standard InChI is InChI=1S/C28H21Cl2N3O5S2/c1-37-20-11-9-16(12-21(20)38-2)23-22(24(34)15-6-4-3-5-7-15)25(35)26(36)33(23)27-31-32-28(40-27)39-14-17-8-10-18(29)13-19(17)30/h3-13,23,34H,14H2,1-2H3/b24-22-. The molecular formula is C28H21Cl2N3O5S2. The van der Waals surface area contributed by atoms with E-state index in [-0.39, 0.29) is 16.5 Å². The van der Waals surface area contributed by atoms with E-state index in [1.165, 1.54) is 30.9 Å². The van der Waals surface area contributed by atoms with Gasteiger partial charge in [0, 0.05) is 21.4 Å². The number of anilines is 1. The van der Waals surface area contributed by atoms with E-state index in [1.54, 1.807) is 60.7 Å². The number of aromatic nitrogens is 2. The minimum atomic E-state index is -0.989. The second-order valence-electron chi connectivity index (χ2n) is 8.52. The molecule has 8 nitrogen and oxygen atoms in total. The number of carbonyl (C=O) groups is 2. The number of ketones is 1. The highest BCUT2D eigenvalue weighted by Crippen LogP contribution is 2.45. The Bertz CT molecular complexity index is 1630. The quantitative estimate of drug-likeness (QED) is 0.0762. The summed E-state index contributed by atoms with van der Waals surface area (Å²) in [6, 6.07) is 17.9. The molecule has 1 aliphatic heterocycles. The van der Waals surface area contributed by atoms with Gasteiger partial charge in [-0.2, -0.15) is 0 Å². The molecule has 12 heteroatoms. The summed E-state index contributed by atoms with van der Waals surface area (Å²) in [5, 5.41) is 21.0. The third kappa shape index (κ3) is 5.40. The summed E-state index contributed by atoms with van der Waals surface area (Å²) in [6.07, 6.45) is 0. The summed E-state index contributed by atoms with van der Waals surface area (Å²) in [4.78, 5) is 28.1. The summed E-state index contributed by atoms with van der Waals surface area (Å²) in [6.45, 7) is 0. The molecule has 1 amide bonds. The molecule has 1 aromatic heterocycles. The highest BCUT2D eigenvalue weighted by Gasteiger charge is 2.48. The number of halogens is 2. The molecule has 0 spiro atoms. The predicted molar refractivity (Wildman–Crippen MR) is 157 cm³/mol. The van der Waals surface area contributed by atoms with Gasteiger partial charge in [-0.15, -0.1) is 10.2 Å². The van der Waals surface area contributed by atoms with E-state index < -0.39 is 17.7 Å². The first-order valence-corrected chi connectivity index (χ1v) is 14.4. The number of ether oxygens (including phenoxy) is 2. The number of nitrogens with zero attached hydrogens (tertiary/aromatic N) is 3. The van der Waals surface area contributed by atoms with Crippen molar-refractivity contribution in [2.45, 2.75) is 16.1 Å². The average molecular weight is 615 g/mol. The molecule has 1 unspecified atom stereocenters. The molecule has 1 saturated heterocycles. The van der Waals surface area contributed by atoms with Crippen LogP contribution in [0.2, 0.25) is 10.0 Å². The molecule has 1 N–H and O–H groups in total. The molecule has 40 heavy (non-hydrogen) atoms. The largest absolute Gasteiger partial charge is 0.507 e. The van der Waals surface area contributed by atoms with Crippen molar-refractivity contribution in [1.29, 1.82) is 0 Å². The summed E-state index contributed by atoms with van der Waals surface area (Å²) in [5.74, 6) is -0.585. The summed E-state index contributed by atoms with van der Waals surface area (Å²) in [5.41, 5.74) is 1.72. The lowest BCUT2D eigenvalue weighted by atomic mass is 9.95. The smallest absolute Gasteiger partial charge is 0.301 e. The molecule has 204 valence electrons. The van der Waals surface area contributed by atoms with Gasteiger partial charge in [-0.05, 0) is 35.4 Å². The lowest BCUT2D eigenvalue weighted by Gasteiger charge is -2.23. The normalized spacial score (nSPS) is 16.4. The zero-order chi connectivity index (χ0) is 28.4. The molecule has 5 rings (SSSR count). The van der Waals surface area contributed by atoms with Gasteiger partial charge in [0.1, 0.15) is 5.76 Å². The maximum atomic E-state index is 13.5. The Morgan fingerprint density at radius 1 is 1.00 bits per heavy atom. The highest BCUT2D eigenvalue weighted by molar-refractivity contribution is 8.00. The van der Waals surface area contributed by atoms with Gasteiger partial charge < -0.3 is 14.6 Å². The predicted octanol–water partition coefficient (Wildman–Crippen LogP) is 6.78. The molecule has 0 bridgehead atoms. The number of thioether (sulfide) groups is 1.